The monoisotopic (exact) mass is 271 g/mol. The number of rotatable bonds is 2. The molecule has 3 aromatic rings. The number of hydrogen-bond donors (Lipinski definition) is 1. The molecular formula is C16H12O4. The fraction of sp³-hybridized carbons (Fsp3) is 0.0625. The van der Waals surface area contributed by atoms with Gasteiger partial charge in [0.05, 0.1) is 22.2 Å². The van der Waals surface area contributed by atoms with E-state index in [4.69, 9.17) is 13.3 Å². The van der Waals surface area contributed by atoms with Gasteiger partial charge in [0.25, 0.3) is 0 Å². The van der Waals surface area contributed by atoms with Gasteiger partial charge in [-0.2, -0.15) is 0 Å². The van der Waals surface area contributed by atoms with E-state index in [1.165, 1.54) is 37.6 Å². The zero-order valence-electron chi connectivity index (χ0n) is 13.6. The second kappa shape index (κ2) is 4.74. The molecular weight excluding hydrogens is 256 g/mol. The predicted octanol–water partition coefficient (Wildman–Crippen LogP) is 3.17. The first-order chi connectivity index (χ1) is 10.9. The van der Waals surface area contributed by atoms with Gasteiger partial charge in [0.1, 0.15) is 23.3 Å². The quantitative estimate of drug-likeness (QED) is 0.777. The lowest BCUT2D eigenvalue weighted by molar-refractivity contribution is 0.415. The van der Waals surface area contributed by atoms with Crippen LogP contribution in [0.3, 0.4) is 0 Å². The molecule has 0 saturated heterocycles. The van der Waals surface area contributed by atoms with E-state index in [9.17, 15) is 9.90 Å². The largest absolute Gasteiger partial charge is 0.508 e. The van der Waals surface area contributed by atoms with Gasteiger partial charge >= 0.3 is 0 Å². The van der Waals surface area contributed by atoms with Crippen LogP contribution in [0.4, 0.5) is 0 Å². The Balaban J connectivity index is 2.28. The van der Waals surface area contributed by atoms with Crippen LogP contribution >= 0.6 is 0 Å². The summed E-state index contributed by atoms with van der Waals surface area (Å²) < 4.78 is 33.7. The number of phenolic OH excluding ortho intramolecular Hbond substituents is 1. The zero-order chi connectivity index (χ0) is 16.7. The van der Waals surface area contributed by atoms with E-state index in [0.29, 0.717) is 5.56 Å². The van der Waals surface area contributed by atoms with Gasteiger partial charge < -0.3 is 14.3 Å². The van der Waals surface area contributed by atoms with Gasteiger partial charge in [0.2, 0.25) is 0 Å². The zero-order valence-corrected chi connectivity index (χ0v) is 10.6. The minimum atomic E-state index is -0.399. The van der Waals surface area contributed by atoms with Crippen molar-refractivity contribution in [3.63, 3.8) is 0 Å². The third-order valence-corrected chi connectivity index (χ3v) is 2.91. The minimum Gasteiger partial charge on any atom is -0.508 e. The fourth-order valence-electron chi connectivity index (χ4n) is 1.89. The Hall–Kier alpha value is -2.75. The third-order valence-electron chi connectivity index (χ3n) is 2.91. The van der Waals surface area contributed by atoms with E-state index in [1.807, 2.05) is 0 Å². The average molecular weight is 271 g/mol. The molecule has 100 valence electrons. The number of phenols is 1. The Kier molecular flexibility index (Phi) is 2.18. The SMILES string of the molecule is [2H]c1cc(-c2coc3c([2H])c(O)ccc3c2=O)cc([2H])c1OC. The lowest BCUT2D eigenvalue weighted by atomic mass is 10.1. The molecule has 0 fully saturated rings. The standard InChI is InChI=1S/C16H12O4/c1-19-12-5-2-10(3-6-12)14-9-20-15-8-11(17)4-7-13(15)16(14)18/h2-9,17H,1H3/i5D,6D,8D. The van der Waals surface area contributed by atoms with Gasteiger partial charge in [-0.05, 0) is 29.8 Å². The first kappa shape index (κ1) is 9.20. The number of fused-ring (bicyclic) bond motifs is 1. The summed E-state index contributed by atoms with van der Waals surface area (Å²) in [6, 6.07) is 5.18. The smallest absolute Gasteiger partial charge is 0.200 e. The molecule has 2 aromatic carbocycles. The van der Waals surface area contributed by atoms with Crippen LogP contribution in [0.5, 0.6) is 11.5 Å². The molecule has 0 bridgehead atoms. The molecule has 4 heteroatoms. The van der Waals surface area contributed by atoms with Gasteiger partial charge in [-0.15, -0.1) is 0 Å². The topological polar surface area (TPSA) is 59.7 Å². The van der Waals surface area contributed by atoms with E-state index in [1.54, 1.807) is 0 Å². The highest BCUT2D eigenvalue weighted by Gasteiger charge is 2.09. The summed E-state index contributed by atoms with van der Waals surface area (Å²) in [4.78, 5) is 12.6. The van der Waals surface area contributed by atoms with Crippen LogP contribution in [-0.4, -0.2) is 12.2 Å². The van der Waals surface area contributed by atoms with Gasteiger partial charge in [0, 0.05) is 6.04 Å². The Morgan fingerprint density at radius 3 is 2.70 bits per heavy atom. The van der Waals surface area contributed by atoms with Gasteiger partial charge in [-0.3, -0.25) is 4.79 Å². The summed E-state index contributed by atoms with van der Waals surface area (Å²) in [5.74, 6) is -0.156. The minimum absolute atomic E-state index is 0.00976. The van der Waals surface area contributed by atoms with Crippen molar-refractivity contribution >= 4 is 11.0 Å². The van der Waals surface area contributed by atoms with Gasteiger partial charge in [-0.1, -0.05) is 12.1 Å². The van der Waals surface area contributed by atoms with Gasteiger partial charge in [0.15, 0.2) is 5.43 Å². The molecule has 0 unspecified atom stereocenters. The van der Waals surface area contributed by atoms with Crippen molar-refractivity contribution in [2.75, 3.05) is 7.11 Å². The molecule has 3 rings (SSSR count). The maximum absolute atomic E-state index is 12.6. The molecule has 0 saturated carbocycles. The highest BCUT2D eigenvalue weighted by atomic mass is 16.5. The number of benzene rings is 2. The van der Waals surface area contributed by atoms with Crippen LogP contribution in [0.25, 0.3) is 22.1 Å². The Morgan fingerprint density at radius 2 is 2.00 bits per heavy atom. The second-order valence-corrected chi connectivity index (χ2v) is 4.13. The van der Waals surface area contributed by atoms with Crippen LogP contribution in [-0.2, 0) is 0 Å². The van der Waals surface area contributed by atoms with Crippen molar-refractivity contribution in [2.45, 2.75) is 0 Å². The van der Waals surface area contributed by atoms with Crippen molar-refractivity contribution < 1.29 is 18.4 Å². The molecule has 0 atom stereocenters. The van der Waals surface area contributed by atoms with Crippen molar-refractivity contribution in [1.82, 2.24) is 0 Å². The molecule has 1 N–H and O–H groups in total. The fourth-order valence-corrected chi connectivity index (χ4v) is 1.89. The van der Waals surface area contributed by atoms with Crippen LogP contribution < -0.4 is 10.2 Å². The lowest BCUT2D eigenvalue weighted by Crippen LogP contribution is -2.04. The van der Waals surface area contributed by atoms with E-state index < -0.39 is 5.43 Å². The lowest BCUT2D eigenvalue weighted by Gasteiger charge is -2.04. The third kappa shape index (κ3) is 2.01. The van der Waals surface area contributed by atoms with E-state index in [0.717, 1.165) is 0 Å². The molecule has 0 spiro atoms. The first-order valence-corrected chi connectivity index (χ1v) is 5.83. The summed E-state index contributed by atoms with van der Waals surface area (Å²) >= 11 is 0. The second-order valence-electron chi connectivity index (χ2n) is 4.13. The van der Waals surface area contributed by atoms with Crippen molar-refractivity contribution in [1.29, 1.82) is 0 Å². The summed E-state index contributed by atoms with van der Waals surface area (Å²) in [7, 11) is 1.37. The van der Waals surface area contributed by atoms with E-state index >= 15 is 0 Å². The molecule has 4 nitrogen and oxygen atoms in total. The number of methoxy groups -OCH3 is 1. The summed E-state index contributed by atoms with van der Waals surface area (Å²) in [5.41, 5.74) is 0.122. The van der Waals surface area contributed by atoms with Crippen LogP contribution in [0.1, 0.15) is 4.11 Å². The van der Waals surface area contributed by atoms with Crippen molar-refractivity contribution in [2.24, 2.45) is 0 Å². The average Bonchev–Trinajstić information content (AvgIpc) is 2.51. The van der Waals surface area contributed by atoms with Crippen molar-refractivity contribution in [3.8, 4) is 22.6 Å². The number of ether oxygens (including phenoxy) is 1. The van der Waals surface area contributed by atoms with E-state index in [-0.39, 0.29) is 46.2 Å². The molecule has 0 amide bonds. The molecule has 1 aromatic heterocycles. The molecule has 1 heterocycles. The Bertz CT molecular complexity index is 956. The Labute approximate surface area is 119 Å². The highest BCUT2D eigenvalue weighted by Crippen LogP contribution is 2.23. The molecule has 0 radical (unpaired) electrons. The first-order valence-electron chi connectivity index (χ1n) is 7.33. The number of hydrogen-bond acceptors (Lipinski definition) is 4. The maximum atomic E-state index is 12.6. The molecule has 20 heavy (non-hydrogen) atoms. The molecule has 0 aliphatic rings. The van der Waals surface area contributed by atoms with Gasteiger partial charge in [-0.25, -0.2) is 0 Å². The number of aromatic hydroxyl groups is 1. The van der Waals surface area contributed by atoms with Crippen LogP contribution in [0.15, 0.2) is 57.9 Å². The Morgan fingerprint density at radius 1 is 1.25 bits per heavy atom. The normalized spacial score (nSPS) is 12.8. The van der Waals surface area contributed by atoms with Crippen LogP contribution in [0, 0.1) is 0 Å². The molecule has 0 aliphatic carbocycles. The summed E-state index contributed by atoms with van der Waals surface area (Å²) in [6.07, 6.45) is 1.17. The molecule has 0 aliphatic heterocycles. The van der Waals surface area contributed by atoms with E-state index in [2.05, 4.69) is 0 Å². The summed E-state index contributed by atoms with van der Waals surface area (Å²) in [5, 5.41) is 9.66. The summed E-state index contributed by atoms with van der Waals surface area (Å²) in [6.45, 7) is 0. The maximum Gasteiger partial charge on any atom is 0.200 e. The predicted molar refractivity (Wildman–Crippen MR) is 76.1 cm³/mol. The van der Waals surface area contributed by atoms with Crippen LogP contribution in [0.2, 0.25) is 0 Å². The van der Waals surface area contributed by atoms with Crippen molar-refractivity contribution in [3.05, 3.63) is 58.9 Å². The highest BCUT2D eigenvalue weighted by molar-refractivity contribution is 5.82.